The number of amides is 1. The summed E-state index contributed by atoms with van der Waals surface area (Å²) in [5.41, 5.74) is 3.72. The van der Waals surface area contributed by atoms with Crippen molar-refractivity contribution < 1.29 is 14.6 Å². The predicted octanol–water partition coefficient (Wildman–Crippen LogP) is 3.99. The molecule has 162 valence electrons. The molecule has 1 aromatic carbocycles. The molecule has 1 aliphatic heterocycles. The molecule has 1 aromatic heterocycles. The third-order valence-corrected chi connectivity index (χ3v) is 6.98. The first kappa shape index (κ1) is 21.2. The van der Waals surface area contributed by atoms with Gasteiger partial charge in [0.05, 0.1) is 0 Å². The molecule has 1 amide bonds. The zero-order valence-corrected chi connectivity index (χ0v) is 18.5. The number of hydrogen-bond donors (Lipinski definition) is 2. The maximum absolute atomic E-state index is 13.1. The van der Waals surface area contributed by atoms with E-state index in [9.17, 15) is 9.90 Å². The minimum absolute atomic E-state index is 0.0245. The number of fused-ring (bicyclic) bond motifs is 1. The zero-order chi connectivity index (χ0) is 21.3. The van der Waals surface area contributed by atoms with Gasteiger partial charge >= 0.3 is 0 Å². The number of hydrogen-bond acceptors (Lipinski definition) is 4. The van der Waals surface area contributed by atoms with Gasteiger partial charge in [-0.2, -0.15) is 5.10 Å². The highest BCUT2D eigenvalue weighted by Crippen LogP contribution is 2.29. The van der Waals surface area contributed by atoms with Gasteiger partial charge in [-0.05, 0) is 82.1 Å². The van der Waals surface area contributed by atoms with E-state index in [1.54, 1.807) is 0 Å². The van der Waals surface area contributed by atoms with Gasteiger partial charge in [-0.25, -0.2) is 0 Å². The summed E-state index contributed by atoms with van der Waals surface area (Å²) >= 11 is 6.23. The molecule has 1 atom stereocenters. The highest BCUT2D eigenvalue weighted by atomic mass is 35.5. The highest BCUT2D eigenvalue weighted by molar-refractivity contribution is 6.32. The minimum Gasteiger partial charge on any atom is -0.491 e. The number of nitrogens with one attached hydrogen (secondary N) is 1. The second kappa shape index (κ2) is 8.60. The Hall–Kier alpha value is -2.05. The van der Waals surface area contributed by atoms with Gasteiger partial charge in [-0.15, -0.1) is 0 Å². The van der Waals surface area contributed by atoms with E-state index in [1.807, 2.05) is 30.9 Å². The fourth-order valence-corrected chi connectivity index (χ4v) is 4.65. The van der Waals surface area contributed by atoms with Crippen LogP contribution >= 0.6 is 11.6 Å². The number of benzene rings is 1. The fraction of sp³-hybridized carbons (Fsp3) is 0.565. The maximum Gasteiger partial charge on any atom is 0.274 e. The highest BCUT2D eigenvalue weighted by Gasteiger charge is 2.34. The number of nitrogens with zero attached hydrogens (tertiary/aromatic N) is 2. The SMILES string of the molecule is Cc1cc(OCC2(O)CCCN(C(=O)c3n[nH]c4c3CCCC4)CC2)cc(C)c1Cl. The molecule has 30 heavy (non-hydrogen) atoms. The molecule has 2 aromatic rings. The van der Waals surface area contributed by atoms with Gasteiger partial charge in [0.2, 0.25) is 0 Å². The van der Waals surface area contributed by atoms with Gasteiger partial charge in [0.15, 0.2) is 5.69 Å². The number of carbonyl (C=O) groups is 1. The van der Waals surface area contributed by atoms with Crippen LogP contribution in [0.3, 0.4) is 0 Å². The Labute approximate surface area is 182 Å². The first-order valence-electron chi connectivity index (χ1n) is 10.8. The second-order valence-corrected chi connectivity index (χ2v) is 9.14. The van der Waals surface area contributed by atoms with Gasteiger partial charge in [-0.1, -0.05) is 11.6 Å². The van der Waals surface area contributed by atoms with E-state index in [-0.39, 0.29) is 12.5 Å². The van der Waals surface area contributed by atoms with Crippen molar-refractivity contribution in [2.24, 2.45) is 0 Å². The molecule has 1 unspecified atom stereocenters. The Bertz CT molecular complexity index is 919. The molecule has 0 radical (unpaired) electrons. The standard InChI is InChI=1S/C23H30ClN3O3/c1-15-12-17(13-16(2)20(15)24)30-14-23(29)8-5-10-27(11-9-23)22(28)21-18-6-3-4-7-19(18)25-26-21/h12-13,29H,3-11,14H2,1-2H3,(H,25,26). The molecule has 7 heteroatoms. The van der Waals surface area contributed by atoms with Crippen molar-refractivity contribution in [2.45, 2.75) is 64.4 Å². The lowest BCUT2D eigenvalue weighted by molar-refractivity contribution is -0.0163. The van der Waals surface area contributed by atoms with E-state index >= 15 is 0 Å². The number of halogens is 1. The fourth-order valence-electron chi connectivity index (χ4n) is 4.54. The van der Waals surface area contributed by atoms with Crippen LogP contribution in [-0.2, 0) is 12.8 Å². The van der Waals surface area contributed by atoms with E-state index in [2.05, 4.69) is 10.2 Å². The van der Waals surface area contributed by atoms with Crippen LogP contribution in [0.2, 0.25) is 5.02 Å². The summed E-state index contributed by atoms with van der Waals surface area (Å²) in [6.45, 7) is 5.22. The summed E-state index contributed by atoms with van der Waals surface area (Å²) in [4.78, 5) is 14.9. The number of H-pyrrole nitrogens is 1. The maximum atomic E-state index is 13.1. The summed E-state index contributed by atoms with van der Waals surface area (Å²) in [7, 11) is 0. The second-order valence-electron chi connectivity index (χ2n) is 8.77. The lowest BCUT2D eigenvalue weighted by Gasteiger charge is -2.27. The van der Waals surface area contributed by atoms with Crippen molar-refractivity contribution in [3.05, 3.63) is 45.2 Å². The molecule has 2 heterocycles. The molecule has 1 fully saturated rings. The van der Waals surface area contributed by atoms with Gasteiger partial charge in [0, 0.05) is 29.4 Å². The Kier molecular flexibility index (Phi) is 6.07. The first-order chi connectivity index (χ1) is 14.4. The lowest BCUT2D eigenvalue weighted by atomic mass is 9.95. The number of carbonyl (C=O) groups excluding carboxylic acids is 1. The molecular weight excluding hydrogens is 402 g/mol. The van der Waals surface area contributed by atoms with Crippen LogP contribution in [-0.4, -0.2) is 51.4 Å². The van der Waals surface area contributed by atoms with E-state index in [0.29, 0.717) is 37.4 Å². The Morgan fingerprint density at radius 3 is 2.70 bits per heavy atom. The molecular formula is C23H30ClN3O3. The Balaban J connectivity index is 1.39. The number of rotatable bonds is 4. The van der Waals surface area contributed by atoms with Crippen LogP contribution in [0.5, 0.6) is 5.75 Å². The van der Waals surface area contributed by atoms with E-state index < -0.39 is 5.60 Å². The predicted molar refractivity (Wildman–Crippen MR) is 116 cm³/mol. The Morgan fingerprint density at radius 2 is 1.93 bits per heavy atom. The molecule has 0 spiro atoms. The first-order valence-corrected chi connectivity index (χ1v) is 11.2. The smallest absolute Gasteiger partial charge is 0.274 e. The third kappa shape index (κ3) is 4.35. The Morgan fingerprint density at radius 1 is 1.20 bits per heavy atom. The molecule has 2 aliphatic rings. The van der Waals surface area contributed by atoms with E-state index in [4.69, 9.17) is 16.3 Å². The average Bonchev–Trinajstić information content (AvgIpc) is 3.06. The molecule has 0 saturated carbocycles. The number of likely N-dealkylation sites (tertiary alicyclic amines) is 1. The number of aryl methyl sites for hydroxylation is 3. The zero-order valence-electron chi connectivity index (χ0n) is 17.8. The van der Waals surface area contributed by atoms with Crippen molar-refractivity contribution in [3.63, 3.8) is 0 Å². The number of aromatic nitrogens is 2. The van der Waals surface area contributed by atoms with E-state index in [1.165, 1.54) is 0 Å². The topological polar surface area (TPSA) is 78.5 Å². The van der Waals surface area contributed by atoms with Crippen LogP contribution in [0.1, 0.15) is 65.0 Å². The van der Waals surface area contributed by atoms with Crippen molar-refractivity contribution in [1.82, 2.24) is 15.1 Å². The van der Waals surface area contributed by atoms with Gasteiger partial charge in [0.25, 0.3) is 5.91 Å². The molecule has 2 N–H and O–H groups in total. The quantitative estimate of drug-likeness (QED) is 0.767. The monoisotopic (exact) mass is 431 g/mol. The molecule has 4 rings (SSSR count). The van der Waals surface area contributed by atoms with Crippen LogP contribution in [0.25, 0.3) is 0 Å². The molecule has 1 aliphatic carbocycles. The molecule has 6 nitrogen and oxygen atoms in total. The number of aromatic amines is 1. The molecule has 0 bridgehead atoms. The van der Waals surface area contributed by atoms with Crippen LogP contribution in [0.4, 0.5) is 0 Å². The van der Waals surface area contributed by atoms with E-state index in [0.717, 1.165) is 59.5 Å². The summed E-state index contributed by atoms with van der Waals surface area (Å²) in [6, 6.07) is 3.79. The van der Waals surface area contributed by atoms with Gasteiger partial charge in [0.1, 0.15) is 18.0 Å². The summed E-state index contributed by atoms with van der Waals surface area (Å²) < 4.78 is 5.93. The number of aliphatic hydroxyl groups is 1. The van der Waals surface area contributed by atoms with Gasteiger partial charge < -0.3 is 14.7 Å². The third-order valence-electron chi connectivity index (χ3n) is 6.38. The summed E-state index contributed by atoms with van der Waals surface area (Å²) in [5, 5.41) is 19.2. The average molecular weight is 432 g/mol. The molecule has 1 saturated heterocycles. The normalized spacial score (nSPS) is 21.8. The minimum atomic E-state index is -0.957. The summed E-state index contributed by atoms with van der Waals surface area (Å²) in [6.07, 6.45) is 5.95. The summed E-state index contributed by atoms with van der Waals surface area (Å²) in [5.74, 6) is 0.687. The van der Waals surface area contributed by atoms with Crippen LogP contribution < -0.4 is 4.74 Å². The van der Waals surface area contributed by atoms with Crippen molar-refractivity contribution in [2.75, 3.05) is 19.7 Å². The lowest BCUT2D eigenvalue weighted by Crippen LogP contribution is -2.38. The van der Waals surface area contributed by atoms with Gasteiger partial charge in [-0.3, -0.25) is 9.89 Å². The number of ether oxygens (including phenoxy) is 1. The van der Waals surface area contributed by atoms with Crippen LogP contribution in [0, 0.1) is 13.8 Å². The largest absolute Gasteiger partial charge is 0.491 e. The van der Waals surface area contributed by atoms with Crippen molar-refractivity contribution in [1.29, 1.82) is 0 Å². The van der Waals surface area contributed by atoms with Crippen LogP contribution in [0.15, 0.2) is 12.1 Å². The van der Waals surface area contributed by atoms with Crippen molar-refractivity contribution in [3.8, 4) is 5.75 Å². The van der Waals surface area contributed by atoms with Crippen molar-refractivity contribution >= 4 is 17.5 Å².